The average Bonchev–Trinajstić information content (AvgIpc) is 2.75. The molecule has 30 heavy (non-hydrogen) atoms. The van der Waals surface area contributed by atoms with E-state index in [0.29, 0.717) is 23.8 Å². The summed E-state index contributed by atoms with van der Waals surface area (Å²) in [5, 5.41) is 2.43. The molecule has 0 fully saturated rings. The Bertz CT molecular complexity index is 894. The summed E-state index contributed by atoms with van der Waals surface area (Å²) in [6, 6.07) is 14.0. The third kappa shape index (κ3) is 7.92. The lowest BCUT2D eigenvalue weighted by atomic mass is 10.2. The van der Waals surface area contributed by atoms with Gasteiger partial charge in [-0.25, -0.2) is 0 Å². The van der Waals surface area contributed by atoms with E-state index in [4.69, 9.17) is 21.7 Å². The number of hydrogen-bond acceptors (Lipinski definition) is 5. The molecule has 0 aromatic heterocycles. The highest BCUT2D eigenvalue weighted by Gasteiger charge is 2.07. The van der Waals surface area contributed by atoms with Crippen LogP contribution in [0.4, 0.5) is 0 Å². The molecule has 158 valence electrons. The third-order valence-corrected chi connectivity index (χ3v) is 3.97. The molecule has 2 aromatic rings. The van der Waals surface area contributed by atoms with Crippen LogP contribution in [0.3, 0.4) is 0 Å². The third-order valence-electron chi connectivity index (χ3n) is 3.77. The number of methoxy groups -OCH3 is 1. The fraction of sp³-hybridized carbons (Fsp3) is 0.227. The van der Waals surface area contributed by atoms with E-state index in [0.717, 1.165) is 11.3 Å². The van der Waals surface area contributed by atoms with Crippen molar-refractivity contribution in [3.05, 3.63) is 65.7 Å². The minimum Gasteiger partial charge on any atom is -0.497 e. The number of carbonyl (C=O) groups is 2. The van der Waals surface area contributed by atoms with E-state index in [2.05, 4.69) is 30.0 Å². The van der Waals surface area contributed by atoms with E-state index >= 15 is 0 Å². The van der Waals surface area contributed by atoms with E-state index in [-0.39, 0.29) is 5.11 Å². The fourth-order valence-corrected chi connectivity index (χ4v) is 2.37. The Labute approximate surface area is 181 Å². The SMILES string of the molecule is COc1ccc(C=CC(=O)NC(=S)NNC(=O)c2ccc(OCC(C)C)cc2)cc1. The van der Waals surface area contributed by atoms with Crippen molar-refractivity contribution in [3.63, 3.8) is 0 Å². The molecule has 3 N–H and O–H groups in total. The summed E-state index contributed by atoms with van der Waals surface area (Å²) in [4.78, 5) is 24.1. The number of benzene rings is 2. The van der Waals surface area contributed by atoms with E-state index < -0.39 is 11.8 Å². The van der Waals surface area contributed by atoms with Crippen LogP contribution in [-0.2, 0) is 4.79 Å². The minimum absolute atomic E-state index is 0.0235. The van der Waals surface area contributed by atoms with Crippen molar-refractivity contribution < 1.29 is 19.1 Å². The first-order valence-corrected chi connectivity index (χ1v) is 9.74. The van der Waals surface area contributed by atoms with Crippen LogP contribution in [0.5, 0.6) is 11.5 Å². The van der Waals surface area contributed by atoms with Gasteiger partial charge in [0.05, 0.1) is 13.7 Å². The van der Waals surface area contributed by atoms with Crippen molar-refractivity contribution in [2.24, 2.45) is 5.92 Å². The van der Waals surface area contributed by atoms with Gasteiger partial charge in [-0.2, -0.15) is 0 Å². The maximum absolute atomic E-state index is 12.2. The lowest BCUT2D eigenvalue weighted by Crippen LogP contribution is -2.48. The highest BCUT2D eigenvalue weighted by atomic mass is 32.1. The Morgan fingerprint density at radius 1 is 1.00 bits per heavy atom. The van der Waals surface area contributed by atoms with Crippen molar-refractivity contribution in [1.82, 2.24) is 16.2 Å². The van der Waals surface area contributed by atoms with Crippen LogP contribution in [-0.4, -0.2) is 30.6 Å². The van der Waals surface area contributed by atoms with Gasteiger partial charge in [0.25, 0.3) is 5.91 Å². The number of rotatable bonds is 7. The molecule has 0 aliphatic heterocycles. The maximum Gasteiger partial charge on any atom is 0.269 e. The van der Waals surface area contributed by atoms with Crippen molar-refractivity contribution >= 4 is 35.2 Å². The van der Waals surface area contributed by atoms with Crippen molar-refractivity contribution in [3.8, 4) is 11.5 Å². The quantitative estimate of drug-likeness (QED) is 0.358. The summed E-state index contributed by atoms with van der Waals surface area (Å²) in [5.74, 6) is 1.02. The summed E-state index contributed by atoms with van der Waals surface area (Å²) in [6.45, 7) is 4.72. The molecule has 0 saturated carbocycles. The first-order valence-electron chi connectivity index (χ1n) is 9.33. The monoisotopic (exact) mass is 427 g/mol. The summed E-state index contributed by atoms with van der Waals surface area (Å²) < 4.78 is 10.7. The van der Waals surface area contributed by atoms with Gasteiger partial charge in [-0.15, -0.1) is 0 Å². The second-order valence-electron chi connectivity index (χ2n) is 6.73. The van der Waals surface area contributed by atoms with E-state index in [1.165, 1.54) is 6.08 Å². The smallest absolute Gasteiger partial charge is 0.269 e. The van der Waals surface area contributed by atoms with Gasteiger partial charge in [0.2, 0.25) is 5.91 Å². The molecule has 0 aliphatic rings. The molecule has 2 rings (SSSR count). The number of nitrogens with one attached hydrogen (secondary N) is 3. The molecular weight excluding hydrogens is 402 g/mol. The molecule has 2 aromatic carbocycles. The lowest BCUT2D eigenvalue weighted by Gasteiger charge is -2.11. The molecule has 0 bridgehead atoms. The Hall–Kier alpha value is -3.39. The summed E-state index contributed by atoms with van der Waals surface area (Å²) in [5.41, 5.74) is 6.19. The average molecular weight is 428 g/mol. The molecule has 0 spiro atoms. The van der Waals surface area contributed by atoms with Gasteiger partial charge in [0, 0.05) is 11.6 Å². The van der Waals surface area contributed by atoms with Gasteiger partial charge in [-0.3, -0.25) is 25.8 Å². The van der Waals surface area contributed by atoms with Crippen LogP contribution in [0, 0.1) is 5.92 Å². The van der Waals surface area contributed by atoms with Gasteiger partial charge in [-0.1, -0.05) is 26.0 Å². The predicted octanol–water partition coefficient (Wildman–Crippen LogP) is 3.08. The van der Waals surface area contributed by atoms with Gasteiger partial charge >= 0.3 is 0 Å². The zero-order chi connectivity index (χ0) is 21.9. The lowest BCUT2D eigenvalue weighted by molar-refractivity contribution is -0.115. The molecular formula is C22H25N3O4S. The number of ether oxygens (including phenoxy) is 2. The maximum atomic E-state index is 12.2. The van der Waals surface area contributed by atoms with E-state index in [1.54, 1.807) is 49.6 Å². The Kier molecular flexibility index (Phi) is 8.83. The summed E-state index contributed by atoms with van der Waals surface area (Å²) in [6.07, 6.45) is 2.98. The van der Waals surface area contributed by atoms with Crippen molar-refractivity contribution in [1.29, 1.82) is 0 Å². The summed E-state index contributed by atoms with van der Waals surface area (Å²) in [7, 11) is 1.59. The molecule has 8 heteroatoms. The largest absolute Gasteiger partial charge is 0.497 e. The number of carbonyl (C=O) groups excluding carboxylic acids is 2. The van der Waals surface area contributed by atoms with Crippen molar-refractivity contribution in [2.75, 3.05) is 13.7 Å². The van der Waals surface area contributed by atoms with Crippen LogP contribution in [0.1, 0.15) is 29.8 Å². The Morgan fingerprint density at radius 2 is 1.63 bits per heavy atom. The van der Waals surface area contributed by atoms with Crippen LogP contribution < -0.4 is 25.6 Å². The van der Waals surface area contributed by atoms with Gasteiger partial charge < -0.3 is 9.47 Å². The number of hydrogen-bond donors (Lipinski definition) is 3. The molecule has 0 saturated heterocycles. The fourth-order valence-electron chi connectivity index (χ4n) is 2.22. The highest BCUT2D eigenvalue weighted by molar-refractivity contribution is 7.80. The second kappa shape index (κ2) is 11.6. The summed E-state index contributed by atoms with van der Waals surface area (Å²) >= 11 is 5.01. The second-order valence-corrected chi connectivity index (χ2v) is 7.14. The highest BCUT2D eigenvalue weighted by Crippen LogP contribution is 2.13. The molecule has 0 heterocycles. The van der Waals surface area contributed by atoms with Crippen LogP contribution in [0.2, 0.25) is 0 Å². The van der Waals surface area contributed by atoms with Crippen LogP contribution in [0.15, 0.2) is 54.6 Å². The molecule has 0 radical (unpaired) electrons. The zero-order valence-corrected chi connectivity index (χ0v) is 17.9. The molecule has 0 aliphatic carbocycles. The molecule has 7 nitrogen and oxygen atoms in total. The predicted molar refractivity (Wildman–Crippen MR) is 120 cm³/mol. The van der Waals surface area contributed by atoms with Gasteiger partial charge in [0.1, 0.15) is 11.5 Å². The minimum atomic E-state index is -0.427. The van der Waals surface area contributed by atoms with E-state index in [1.807, 2.05) is 12.1 Å². The van der Waals surface area contributed by atoms with Crippen LogP contribution >= 0.6 is 12.2 Å². The van der Waals surface area contributed by atoms with Crippen molar-refractivity contribution in [2.45, 2.75) is 13.8 Å². The normalized spacial score (nSPS) is 10.5. The van der Waals surface area contributed by atoms with E-state index in [9.17, 15) is 9.59 Å². The number of thiocarbonyl (C=S) groups is 1. The van der Waals surface area contributed by atoms with Crippen LogP contribution in [0.25, 0.3) is 6.08 Å². The van der Waals surface area contributed by atoms with Gasteiger partial charge in [0.15, 0.2) is 5.11 Å². The molecule has 0 atom stereocenters. The standard InChI is InChI=1S/C22H25N3O4S/c1-15(2)14-29-19-11-7-17(8-12-19)21(27)24-25-22(30)23-20(26)13-6-16-4-9-18(28-3)10-5-16/h4-13,15H,14H2,1-3H3,(H,24,27)(H2,23,25,26,30). The number of amides is 2. The first-order chi connectivity index (χ1) is 14.4. The molecule has 0 unspecified atom stereocenters. The number of hydrazine groups is 1. The first kappa shape index (κ1) is 22.9. The Morgan fingerprint density at radius 3 is 2.23 bits per heavy atom. The Balaban J connectivity index is 1.76. The zero-order valence-electron chi connectivity index (χ0n) is 17.1. The molecule has 2 amide bonds. The topological polar surface area (TPSA) is 88.7 Å². The van der Waals surface area contributed by atoms with Gasteiger partial charge in [-0.05, 0) is 66.2 Å².